The highest BCUT2D eigenvalue weighted by molar-refractivity contribution is 6.06. The smallest absolute Gasteiger partial charge is 0.454 e. The molecule has 5 aliphatic heterocycles. The normalized spacial score (nSPS) is 18.3. The highest BCUT2D eigenvalue weighted by Gasteiger charge is 2.57. The Bertz CT molecular complexity index is 6750. The Morgan fingerprint density at radius 3 is 1.32 bits per heavy atom. The van der Waals surface area contributed by atoms with Crippen LogP contribution in [-0.2, 0) is 86.7 Å². The van der Waals surface area contributed by atoms with Crippen molar-refractivity contribution in [3.05, 3.63) is 214 Å². The molecule has 0 unspecified atom stereocenters. The van der Waals surface area contributed by atoms with E-state index in [1.54, 1.807) is 22.8 Å². The predicted octanol–water partition coefficient (Wildman–Crippen LogP) is 22.5. The van der Waals surface area contributed by atoms with E-state index in [2.05, 4.69) is 138 Å². The second-order valence-corrected chi connectivity index (χ2v) is 41.1. The van der Waals surface area contributed by atoms with Crippen molar-refractivity contribution < 1.29 is 129 Å². The van der Waals surface area contributed by atoms with Crippen molar-refractivity contribution >= 4 is 90.0 Å². The molecule has 12 aromatic rings. The first-order valence-corrected chi connectivity index (χ1v) is 46.6. The number of benzene rings is 8. The molecule has 746 valence electrons. The Morgan fingerprint density at radius 2 is 0.870 bits per heavy atom. The number of hydrogen-bond donors (Lipinski definition) is 9. The largest absolute Gasteiger partial charge is 0.586 e. The average molecular weight is 1930 g/mol. The molecule has 138 heavy (non-hydrogen) atoms. The van der Waals surface area contributed by atoms with Crippen LogP contribution < -0.4 is 59.2 Å². The summed E-state index contributed by atoms with van der Waals surface area (Å²) in [5.41, 5.74) is 9.03. The SMILES string of the molecule is CC(C)(C)c1cc2cc(NC(=O)C3(c4ccc5c(c4)OC(F)(F)O5)CC3)c(F)cc2n1C[C@@H](O)CO.CC(C)(C)c1cc2cc(NC(=O)C3(c4ccc5c(c4)OC(F)(F)O5)CC3)ccc2n1C1CCOCC1.CC(C)(CCO)c1cc2cc(NC(=O)C3(c4ccc5c(c4)OC(F)(F)O5)CC3)c(F)cc2n1CCO.CCc1cc(NC(=O)C2(c3ccc4c(c3)OCO4)CC2)cc2cc(C(C)(C)C)[nH]c12.[HH].[HH].[HH].[HH].[HH].[HH].[HH].[HH]. The number of nitrogens with zero attached hydrogens (tertiary/aromatic N) is 3. The molecule has 0 radical (unpaired) electrons. The number of aryl methyl sites for hydroxylation is 1. The molecule has 5 fully saturated rings. The van der Waals surface area contributed by atoms with E-state index in [0.29, 0.717) is 89.5 Å². The summed E-state index contributed by atoms with van der Waals surface area (Å²) < 4.78 is 160. The maximum absolute atomic E-state index is 15.2. The molecule has 9 N–H and O–H groups in total. The summed E-state index contributed by atoms with van der Waals surface area (Å²) in [6.45, 7) is 26.8. The molecule has 1 saturated heterocycles. The zero-order valence-electron chi connectivity index (χ0n) is 78.7. The number of nitrogens with one attached hydrogen (secondary N) is 5. The molecule has 8 aromatic carbocycles. The van der Waals surface area contributed by atoms with Gasteiger partial charge in [0.2, 0.25) is 30.4 Å². The maximum Gasteiger partial charge on any atom is 0.586 e. The van der Waals surface area contributed by atoms with Crippen molar-refractivity contribution in [2.75, 3.05) is 61.1 Å². The lowest BCUT2D eigenvalue weighted by Gasteiger charge is -2.30. The van der Waals surface area contributed by atoms with Crippen molar-refractivity contribution in [2.24, 2.45) is 0 Å². The van der Waals surface area contributed by atoms with Gasteiger partial charge in [-0.2, -0.15) is 0 Å². The molecule has 1 atom stereocenters. The van der Waals surface area contributed by atoms with Gasteiger partial charge in [0.25, 0.3) is 0 Å². The number of H-pyrrole nitrogens is 1. The van der Waals surface area contributed by atoms with Crippen LogP contribution in [0.1, 0.15) is 222 Å². The van der Waals surface area contributed by atoms with E-state index in [1.807, 2.05) is 81.7 Å². The average Bonchev–Trinajstić information content (AvgIpc) is 1.59. The summed E-state index contributed by atoms with van der Waals surface area (Å²) in [7, 11) is 0. The fraction of sp³-hybridized carbons (Fsp3) is 0.429. The van der Waals surface area contributed by atoms with Gasteiger partial charge >= 0.3 is 18.9 Å². The molecule has 25 nitrogen and oxygen atoms in total. The quantitative estimate of drug-likeness (QED) is 0.0285. The molecule has 33 heteroatoms. The van der Waals surface area contributed by atoms with Gasteiger partial charge in [-0.05, 0) is 220 Å². The minimum absolute atomic E-state index is 0. The van der Waals surface area contributed by atoms with E-state index < -0.39 is 82.1 Å². The van der Waals surface area contributed by atoms with E-state index in [9.17, 15) is 65.9 Å². The van der Waals surface area contributed by atoms with Crippen molar-refractivity contribution in [1.29, 1.82) is 0 Å². The zero-order chi connectivity index (χ0) is 98.3. The number of anilines is 4. The second-order valence-electron chi connectivity index (χ2n) is 41.1. The first-order valence-electron chi connectivity index (χ1n) is 46.6. The minimum Gasteiger partial charge on any atom is -0.454 e. The molecule has 21 rings (SSSR count). The van der Waals surface area contributed by atoms with Gasteiger partial charge in [0.05, 0.1) is 69.9 Å². The number of alkyl halides is 6. The number of fused-ring (bicyclic) bond motifs is 8. The standard InChI is InChI=1S/C28H30F2N2O4.2C26H27F3N2O5.C25H28N2O3.8H2/c1-26(2,3)24-15-17-14-19(5-6-21(17)32(24)20-8-12-34-13-9-20)31-25(33)27(10-11-27)18-4-7-22-23(16-18)36-28(29,30)35-22;1-24(2,3)22-9-14-8-18(17(27)11-19(14)31(22)12-16(33)13-32)30-23(34)25(6-7-25)15-4-5-20-21(10-15)36-26(28,29)35-20;1-24(2,7-9-32)22-12-15-11-18(17(27)14-19(15)31(22)8-10-33)30-23(34)25(5-6-25)16-3-4-20-21(13-16)36-26(28,29)35-20;1-5-15-10-18(11-16-12-21(24(2,3)4)27-22(15)16)26-23(28)25(8-9-25)17-6-7-19-20(13-17)30-14-29-19;;;;;;;;/h4-7,14-16,20H,8-13H2,1-3H3,(H,31,33);4-5,8-11,16,32-33H,6-7,12-13H2,1-3H3,(H,30,34);3-4,11-14,32-33H,5-10H2,1-2H3,(H,30,34);6-7,10-13,27H,5,8-9,14H2,1-4H3,(H,26,28);8*1H/t;16-;;;;;;;;;;/m.1........../s1. The fourth-order valence-electron chi connectivity index (χ4n) is 19.5. The number of hydrogen-bond acceptors (Lipinski definition) is 17. The molecule has 4 amide bonds. The van der Waals surface area contributed by atoms with Gasteiger partial charge in [0.15, 0.2) is 46.0 Å². The van der Waals surface area contributed by atoms with Crippen LogP contribution in [0.3, 0.4) is 0 Å². The van der Waals surface area contributed by atoms with Crippen LogP contribution in [0.25, 0.3) is 43.6 Å². The number of aliphatic hydroxyl groups is 4. The zero-order valence-corrected chi connectivity index (χ0v) is 78.7. The summed E-state index contributed by atoms with van der Waals surface area (Å²) in [5.74, 6) is -1.38. The number of aromatic nitrogens is 4. The third kappa shape index (κ3) is 18.6. The van der Waals surface area contributed by atoms with E-state index in [-0.39, 0.29) is 118 Å². The predicted molar refractivity (Wildman–Crippen MR) is 519 cm³/mol. The summed E-state index contributed by atoms with van der Waals surface area (Å²) in [5, 5.41) is 53.6. The maximum atomic E-state index is 15.2. The van der Waals surface area contributed by atoms with Crippen LogP contribution in [0.15, 0.2) is 152 Å². The molecule has 9 heterocycles. The lowest BCUT2D eigenvalue weighted by molar-refractivity contribution is -0.287. The van der Waals surface area contributed by atoms with E-state index >= 15 is 8.78 Å². The van der Waals surface area contributed by atoms with E-state index in [0.717, 1.165) is 107 Å². The van der Waals surface area contributed by atoms with Crippen molar-refractivity contribution in [2.45, 2.75) is 248 Å². The molecular weight excluding hydrogens is 1800 g/mol. The second kappa shape index (κ2) is 35.1. The molecule has 4 aromatic heterocycles. The number of halogens is 8. The van der Waals surface area contributed by atoms with Gasteiger partial charge in [-0.25, -0.2) is 8.78 Å². The van der Waals surface area contributed by atoms with Crippen LogP contribution in [0, 0.1) is 11.6 Å². The minimum atomic E-state index is -3.76. The number of aromatic amines is 1. The van der Waals surface area contributed by atoms with Gasteiger partial charge < -0.3 is 103 Å². The topological polar surface area (TPSA) is 311 Å². The fourth-order valence-corrected chi connectivity index (χ4v) is 19.5. The lowest BCUT2D eigenvalue weighted by atomic mass is 9.85. The number of carbonyl (C=O) groups excluding carboxylic acids is 4. The van der Waals surface area contributed by atoms with Crippen molar-refractivity contribution in [3.63, 3.8) is 0 Å². The van der Waals surface area contributed by atoms with E-state index in [1.165, 1.54) is 77.6 Å². The summed E-state index contributed by atoms with van der Waals surface area (Å²) in [6.07, 6.45) is -3.98. The number of rotatable bonds is 22. The van der Waals surface area contributed by atoms with Gasteiger partial charge in [-0.3, -0.25) is 19.2 Å². The summed E-state index contributed by atoms with van der Waals surface area (Å²) in [4.78, 5) is 56.8. The van der Waals surface area contributed by atoms with Crippen molar-refractivity contribution in [3.8, 4) is 46.0 Å². The monoisotopic (exact) mass is 1920 g/mol. The Balaban J connectivity index is 0.000000196. The number of amides is 4. The first kappa shape index (κ1) is 95.7. The number of carbonyl (C=O) groups is 4. The molecule has 9 aliphatic rings. The van der Waals surface area contributed by atoms with Crippen LogP contribution in [0.4, 0.5) is 57.9 Å². The molecule has 0 spiro atoms. The molecule has 0 bridgehead atoms. The molecule has 4 saturated carbocycles. The third-order valence-corrected chi connectivity index (χ3v) is 27.8. The van der Waals surface area contributed by atoms with Gasteiger partial charge in [0, 0.05) is 144 Å². The van der Waals surface area contributed by atoms with Gasteiger partial charge in [-0.1, -0.05) is 107 Å². The number of ether oxygens (including phenoxy) is 9. The summed E-state index contributed by atoms with van der Waals surface area (Å²) in [6, 6.07) is 43.4. The van der Waals surface area contributed by atoms with Crippen LogP contribution in [0.5, 0.6) is 46.0 Å². The Kier molecular flexibility index (Phi) is 24.3. The number of aliphatic hydroxyl groups excluding tert-OH is 4. The van der Waals surface area contributed by atoms with Crippen molar-refractivity contribution in [1.82, 2.24) is 18.7 Å². The Hall–Kier alpha value is -12.6. The highest BCUT2D eigenvalue weighted by Crippen LogP contribution is 2.58. The lowest BCUT2D eigenvalue weighted by Crippen LogP contribution is -2.28. The third-order valence-electron chi connectivity index (χ3n) is 27.8. The molecular formula is C105H128F8N8O17. The molecule has 4 aliphatic carbocycles. The van der Waals surface area contributed by atoms with Gasteiger partial charge in [-0.15, -0.1) is 26.3 Å². The summed E-state index contributed by atoms with van der Waals surface area (Å²) >= 11 is 0. The Labute approximate surface area is 802 Å². The highest BCUT2D eigenvalue weighted by atomic mass is 19.3. The van der Waals surface area contributed by atoms with E-state index in [4.69, 9.17) is 14.2 Å². The first-order chi connectivity index (χ1) is 65.2. The Morgan fingerprint density at radius 1 is 0.449 bits per heavy atom. The van der Waals surface area contributed by atoms with Gasteiger partial charge in [0.1, 0.15) is 11.6 Å². The van der Waals surface area contributed by atoms with Crippen LogP contribution in [-0.4, -0.2) is 128 Å². The van der Waals surface area contributed by atoms with Crippen LogP contribution >= 0.6 is 0 Å². The van der Waals surface area contributed by atoms with Crippen LogP contribution in [0.2, 0.25) is 0 Å².